The normalized spacial score (nSPS) is 11.7. The van der Waals surface area contributed by atoms with Crippen LogP contribution in [0.2, 0.25) is 0 Å². The molecule has 0 heterocycles. The number of rotatable bonds is 4. The van der Waals surface area contributed by atoms with Crippen LogP contribution in [0, 0.1) is 11.3 Å². The number of benzene rings is 2. The summed E-state index contributed by atoms with van der Waals surface area (Å²) in [5.41, 5.74) is 8.58. The van der Waals surface area contributed by atoms with Gasteiger partial charge in [0.2, 0.25) is 0 Å². The first-order chi connectivity index (χ1) is 9.60. The Morgan fingerprint density at radius 3 is 2.55 bits per heavy atom. The van der Waals surface area contributed by atoms with Crippen LogP contribution in [0.25, 0.3) is 0 Å². The van der Waals surface area contributed by atoms with Crippen LogP contribution in [-0.2, 0) is 6.61 Å². The quantitative estimate of drug-likeness (QED) is 0.924. The maximum absolute atomic E-state index is 8.76. The third-order valence-electron chi connectivity index (χ3n) is 2.94. The van der Waals surface area contributed by atoms with Crippen molar-refractivity contribution >= 4 is 15.9 Å². The van der Waals surface area contributed by atoms with E-state index in [-0.39, 0.29) is 6.04 Å². The van der Waals surface area contributed by atoms with Crippen molar-refractivity contribution in [2.75, 3.05) is 0 Å². The first-order valence-electron chi connectivity index (χ1n) is 6.27. The summed E-state index contributed by atoms with van der Waals surface area (Å²) < 4.78 is 6.81. The number of nitrogens with zero attached hydrogens (tertiary/aromatic N) is 1. The summed E-state index contributed by atoms with van der Waals surface area (Å²) in [4.78, 5) is 0. The average molecular weight is 331 g/mol. The van der Waals surface area contributed by atoms with Gasteiger partial charge in [-0.25, -0.2) is 0 Å². The van der Waals surface area contributed by atoms with Crippen LogP contribution in [0.1, 0.15) is 29.7 Å². The van der Waals surface area contributed by atoms with E-state index in [0.29, 0.717) is 12.2 Å². The minimum absolute atomic E-state index is 0.0940. The molecule has 0 saturated carbocycles. The number of nitriles is 1. The van der Waals surface area contributed by atoms with E-state index in [4.69, 9.17) is 15.7 Å². The van der Waals surface area contributed by atoms with E-state index in [1.165, 1.54) is 0 Å². The molecule has 0 bridgehead atoms. The second-order valence-electron chi connectivity index (χ2n) is 4.57. The largest absolute Gasteiger partial charge is 0.489 e. The molecule has 0 aliphatic heterocycles. The average Bonchev–Trinajstić information content (AvgIpc) is 2.46. The first-order valence-corrected chi connectivity index (χ1v) is 7.06. The van der Waals surface area contributed by atoms with Crippen molar-refractivity contribution in [1.82, 2.24) is 0 Å². The third-order valence-corrected chi connectivity index (χ3v) is 3.43. The molecule has 0 aliphatic rings. The minimum Gasteiger partial charge on any atom is -0.489 e. The van der Waals surface area contributed by atoms with Crippen molar-refractivity contribution in [1.29, 1.82) is 5.26 Å². The molecule has 1 atom stereocenters. The fraction of sp³-hybridized carbons (Fsp3) is 0.188. The van der Waals surface area contributed by atoms with Gasteiger partial charge in [-0.05, 0) is 42.8 Å². The monoisotopic (exact) mass is 330 g/mol. The van der Waals surface area contributed by atoms with Gasteiger partial charge in [-0.15, -0.1) is 0 Å². The molecule has 0 fully saturated rings. The lowest BCUT2D eigenvalue weighted by molar-refractivity contribution is 0.301. The fourth-order valence-corrected chi connectivity index (χ4v) is 2.22. The van der Waals surface area contributed by atoms with Crippen molar-refractivity contribution in [2.24, 2.45) is 5.73 Å². The Hall–Kier alpha value is -1.83. The Labute approximate surface area is 127 Å². The van der Waals surface area contributed by atoms with E-state index in [1.54, 1.807) is 12.1 Å². The van der Waals surface area contributed by atoms with Gasteiger partial charge in [0, 0.05) is 16.1 Å². The van der Waals surface area contributed by atoms with Crippen LogP contribution in [0.3, 0.4) is 0 Å². The summed E-state index contributed by atoms with van der Waals surface area (Å²) in [6, 6.07) is 15.2. The smallest absolute Gasteiger partial charge is 0.124 e. The lowest BCUT2D eigenvalue weighted by Gasteiger charge is -2.14. The molecule has 20 heavy (non-hydrogen) atoms. The van der Waals surface area contributed by atoms with Gasteiger partial charge < -0.3 is 10.5 Å². The molecular weight excluding hydrogens is 316 g/mol. The van der Waals surface area contributed by atoms with Gasteiger partial charge in [0.25, 0.3) is 0 Å². The summed E-state index contributed by atoms with van der Waals surface area (Å²) >= 11 is 3.43. The van der Waals surface area contributed by atoms with Crippen LogP contribution in [0.4, 0.5) is 0 Å². The number of hydrogen-bond donors (Lipinski definition) is 1. The lowest BCUT2D eigenvalue weighted by Crippen LogP contribution is -2.08. The molecule has 3 nitrogen and oxygen atoms in total. The predicted molar refractivity (Wildman–Crippen MR) is 82.2 cm³/mol. The zero-order valence-electron chi connectivity index (χ0n) is 11.1. The van der Waals surface area contributed by atoms with E-state index >= 15 is 0 Å². The fourth-order valence-electron chi connectivity index (χ4n) is 1.84. The second kappa shape index (κ2) is 6.56. The Morgan fingerprint density at radius 1 is 1.25 bits per heavy atom. The number of ether oxygens (including phenoxy) is 1. The Kier molecular flexibility index (Phi) is 4.78. The van der Waals surface area contributed by atoms with Crippen LogP contribution < -0.4 is 10.5 Å². The molecule has 0 spiro atoms. The highest BCUT2D eigenvalue weighted by molar-refractivity contribution is 9.10. The standard InChI is InChI=1S/C16H15BrN2O/c1-11(19)15-8-14(17)6-7-16(15)20-10-13-4-2-12(9-18)3-5-13/h2-8,11H,10,19H2,1H3/t11-/m0/s1. The second-order valence-corrected chi connectivity index (χ2v) is 5.48. The van der Waals surface area contributed by atoms with Crippen molar-refractivity contribution in [3.63, 3.8) is 0 Å². The van der Waals surface area contributed by atoms with Crippen LogP contribution in [0.15, 0.2) is 46.9 Å². The highest BCUT2D eigenvalue weighted by Gasteiger charge is 2.09. The van der Waals surface area contributed by atoms with Gasteiger partial charge in [0.05, 0.1) is 11.6 Å². The van der Waals surface area contributed by atoms with Gasteiger partial charge in [0.1, 0.15) is 12.4 Å². The molecule has 4 heteroatoms. The molecule has 0 radical (unpaired) electrons. The molecule has 2 rings (SSSR count). The number of nitrogens with two attached hydrogens (primary N) is 1. The molecule has 0 unspecified atom stereocenters. The summed E-state index contributed by atoms with van der Waals surface area (Å²) in [7, 11) is 0. The van der Waals surface area contributed by atoms with E-state index < -0.39 is 0 Å². The van der Waals surface area contributed by atoms with Crippen molar-refractivity contribution in [2.45, 2.75) is 19.6 Å². The lowest BCUT2D eigenvalue weighted by atomic mass is 10.1. The molecule has 2 N–H and O–H groups in total. The van der Waals surface area contributed by atoms with Gasteiger partial charge in [0.15, 0.2) is 0 Å². The molecule has 0 amide bonds. The molecule has 0 saturated heterocycles. The number of halogens is 1. The van der Waals surface area contributed by atoms with Crippen LogP contribution >= 0.6 is 15.9 Å². The van der Waals surface area contributed by atoms with Crippen molar-refractivity contribution in [3.8, 4) is 11.8 Å². The van der Waals surface area contributed by atoms with E-state index in [0.717, 1.165) is 21.3 Å². The molecular formula is C16H15BrN2O. The van der Waals surface area contributed by atoms with Crippen molar-refractivity contribution < 1.29 is 4.74 Å². The van der Waals surface area contributed by atoms with E-state index in [1.807, 2.05) is 37.3 Å². The summed E-state index contributed by atoms with van der Waals surface area (Å²) in [6.45, 7) is 2.38. The molecule has 102 valence electrons. The molecule has 2 aromatic rings. The third kappa shape index (κ3) is 3.60. The zero-order valence-corrected chi connectivity index (χ0v) is 12.7. The Balaban J connectivity index is 2.12. The molecule has 0 aromatic heterocycles. The van der Waals surface area contributed by atoms with Gasteiger partial charge >= 0.3 is 0 Å². The number of hydrogen-bond acceptors (Lipinski definition) is 3. The van der Waals surface area contributed by atoms with Crippen molar-refractivity contribution in [3.05, 3.63) is 63.6 Å². The summed E-state index contributed by atoms with van der Waals surface area (Å²) in [6.07, 6.45) is 0. The maximum Gasteiger partial charge on any atom is 0.124 e. The Morgan fingerprint density at radius 2 is 1.95 bits per heavy atom. The van der Waals surface area contributed by atoms with E-state index in [9.17, 15) is 0 Å². The highest BCUT2D eigenvalue weighted by atomic mass is 79.9. The molecule has 0 aliphatic carbocycles. The van der Waals surface area contributed by atoms with Gasteiger partial charge in [-0.2, -0.15) is 5.26 Å². The zero-order chi connectivity index (χ0) is 14.5. The van der Waals surface area contributed by atoms with Gasteiger partial charge in [-0.1, -0.05) is 28.1 Å². The van der Waals surface area contributed by atoms with Crippen LogP contribution in [0.5, 0.6) is 5.75 Å². The maximum atomic E-state index is 8.76. The van der Waals surface area contributed by atoms with E-state index in [2.05, 4.69) is 22.0 Å². The van der Waals surface area contributed by atoms with Gasteiger partial charge in [-0.3, -0.25) is 0 Å². The predicted octanol–water partition coefficient (Wildman–Crippen LogP) is 3.92. The Bertz CT molecular complexity index is 630. The molecule has 2 aromatic carbocycles. The highest BCUT2D eigenvalue weighted by Crippen LogP contribution is 2.28. The topological polar surface area (TPSA) is 59.0 Å². The van der Waals surface area contributed by atoms with Crippen LogP contribution in [-0.4, -0.2) is 0 Å². The summed E-state index contributed by atoms with van der Waals surface area (Å²) in [5.74, 6) is 0.785. The summed E-state index contributed by atoms with van der Waals surface area (Å²) in [5, 5.41) is 8.76. The minimum atomic E-state index is -0.0940. The first kappa shape index (κ1) is 14.6. The SMILES string of the molecule is C[C@H](N)c1cc(Br)ccc1OCc1ccc(C#N)cc1.